The van der Waals surface area contributed by atoms with Gasteiger partial charge >= 0.3 is 6.09 Å². The summed E-state index contributed by atoms with van der Waals surface area (Å²) in [5.41, 5.74) is 6.00. The van der Waals surface area contributed by atoms with Gasteiger partial charge < -0.3 is 5.32 Å². The zero-order valence-corrected chi connectivity index (χ0v) is 9.77. The maximum absolute atomic E-state index is 10.5. The largest absolute Gasteiger partial charge is 0.450 e. The number of nitrogens with one attached hydrogen (secondary N) is 1. The third kappa shape index (κ3) is 1.74. The Bertz CT molecular complexity index is 620. The van der Waals surface area contributed by atoms with Crippen molar-refractivity contribution in [2.45, 2.75) is 13.0 Å². The smallest absolute Gasteiger partial charge is 0.314 e. The van der Waals surface area contributed by atoms with Crippen LogP contribution in [0.25, 0.3) is 11.1 Å². The van der Waals surface area contributed by atoms with Gasteiger partial charge in [-0.3, -0.25) is 0 Å². The van der Waals surface area contributed by atoms with Gasteiger partial charge in [-0.1, -0.05) is 42.5 Å². The number of carbonyl (C=O) groups excluding carboxylic acids is 1. The molecular weight excluding hydrogens is 226 g/mol. The van der Waals surface area contributed by atoms with E-state index in [1.54, 1.807) is 0 Å². The maximum Gasteiger partial charge on any atom is 0.450 e. The van der Waals surface area contributed by atoms with E-state index in [4.69, 9.17) is 0 Å². The molecular formula is C15H12NO2. The van der Waals surface area contributed by atoms with Gasteiger partial charge in [-0.2, -0.15) is 0 Å². The molecule has 0 spiro atoms. The third-order valence-corrected chi connectivity index (χ3v) is 3.37. The van der Waals surface area contributed by atoms with Crippen LogP contribution in [0.5, 0.6) is 0 Å². The molecule has 1 N–H and O–H groups in total. The topological polar surface area (TPSA) is 49.0 Å². The van der Waals surface area contributed by atoms with Crippen molar-refractivity contribution >= 4 is 6.09 Å². The van der Waals surface area contributed by atoms with Gasteiger partial charge in [0.1, 0.15) is 0 Å². The highest BCUT2D eigenvalue weighted by atomic mass is 16.4. The lowest BCUT2D eigenvalue weighted by Gasteiger charge is -2.07. The minimum atomic E-state index is -1.23. The van der Waals surface area contributed by atoms with Gasteiger partial charge in [-0.15, -0.1) is 0 Å². The molecule has 0 atom stereocenters. The first-order valence-corrected chi connectivity index (χ1v) is 5.89. The van der Waals surface area contributed by atoms with Crippen molar-refractivity contribution < 1.29 is 9.90 Å². The van der Waals surface area contributed by atoms with Crippen LogP contribution in [-0.4, -0.2) is 6.09 Å². The molecule has 2 aromatic carbocycles. The van der Waals surface area contributed by atoms with E-state index in [9.17, 15) is 9.90 Å². The number of benzene rings is 2. The second-order valence-electron chi connectivity index (χ2n) is 4.42. The minimum Gasteiger partial charge on any atom is -0.314 e. The van der Waals surface area contributed by atoms with Crippen LogP contribution < -0.4 is 5.32 Å². The van der Waals surface area contributed by atoms with Gasteiger partial charge in [0.15, 0.2) is 0 Å². The van der Waals surface area contributed by atoms with Crippen LogP contribution in [0, 0.1) is 0 Å². The minimum absolute atomic E-state index is 0.305. The van der Waals surface area contributed by atoms with Crippen molar-refractivity contribution in [3.05, 3.63) is 59.2 Å². The molecule has 89 valence electrons. The normalized spacial score (nSPS) is 11.8. The number of carbonyl (C=O) groups is 1. The molecule has 0 aromatic heterocycles. The van der Waals surface area contributed by atoms with Crippen LogP contribution >= 0.6 is 0 Å². The van der Waals surface area contributed by atoms with Crippen LogP contribution in [0.15, 0.2) is 42.5 Å². The molecule has 0 saturated carbocycles. The third-order valence-electron chi connectivity index (χ3n) is 3.37. The highest BCUT2D eigenvalue weighted by Crippen LogP contribution is 2.37. The van der Waals surface area contributed by atoms with Crippen molar-refractivity contribution in [2.24, 2.45) is 0 Å². The molecule has 0 fully saturated rings. The molecule has 1 aliphatic rings. The zero-order chi connectivity index (χ0) is 12.5. The van der Waals surface area contributed by atoms with Crippen molar-refractivity contribution in [3.63, 3.8) is 0 Å². The van der Waals surface area contributed by atoms with E-state index >= 15 is 0 Å². The molecule has 2 aromatic rings. The first-order chi connectivity index (χ1) is 8.75. The summed E-state index contributed by atoms with van der Waals surface area (Å²) in [5.74, 6) is 0. The van der Waals surface area contributed by atoms with E-state index in [0.717, 1.165) is 12.0 Å². The van der Waals surface area contributed by atoms with E-state index in [1.165, 1.54) is 22.3 Å². The first-order valence-electron chi connectivity index (χ1n) is 5.89. The summed E-state index contributed by atoms with van der Waals surface area (Å²) < 4.78 is 0. The first kappa shape index (κ1) is 10.8. The Morgan fingerprint density at radius 3 is 2.67 bits per heavy atom. The standard InChI is InChI=1S/C15H12NO2/c17-15(18)16-9-11-5-3-7-13-12-6-2-1-4-10(12)8-14(11)13/h1-7,16H,8-9H2. The lowest BCUT2D eigenvalue weighted by Crippen LogP contribution is -2.19. The molecule has 0 bridgehead atoms. The van der Waals surface area contributed by atoms with Gasteiger partial charge in [-0.25, -0.2) is 9.90 Å². The van der Waals surface area contributed by atoms with Gasteiger partial charge in [-0.05, 0) is 34.2 Å². The fraction of sp³-hybridized carbons (Fsp3) is 0.133. The molecule has 1 amide bonds. The highest BCUT2D eigenvalue weighted by Gasteiger charge is 2.20. The van der Waals surface area contributed by atoms with Gasteiger partial charge in [0, 0.05) is 6.54 Å². The Hall–Kier alpha value is -2.29. The highest BCUT2D eigenvalue weighted by molar-refractivity contribution is 5.78. The Kier molecular flexibility index (Phi) is 2.52. The summed E-state index contributed by atoms with van der Waals surface area (Å²) in [7, 11) is 0. The molecule has 1 aliphatic carbocycles. The summed E-state index contributed by atoms with van der Waals surface area (Å²) in [6, 6.07) is 14.3. The maximum atomic E-state index is 10.5. The number of hydrogen-bond donors (Lipinski definition) is 1. The molecule has 0 aliphatic heterocycles. The fourth-order valence-corrected chi connectivity index (χ4v) is 2.56. The van der Waals surface area contributed by atoms with Crippen molar-refractivity contribution in [1.82, 2.24) is 5.32 Å². The average molecular weight is 238 g/mol. The van der Waals surface area contributed by atoms with Gasteiger partial charge in [0.2, 0.25) is 0 Å². The van der Waals surface area contributed by atoms with E-state index in [2.05, 4.69) is 23.5 Å². The molecule has 3 rings (SSSR count). The molecule has 1 radical (unpaired) electrons. The molecule has 0 unspecified atom stereocenters. The summed E-state index contributed by atoms with van der Waals surface area (Å²) in [6.45, 7) is 0.305. The SMILES string of the molecule is [O]C(=O)NCc1cccc2c1Cc1ccccc1-2. The van der Waals surface area contributed by atoms with Crippen LogP contribution in [0.4, 0.5) is 4.79 Å². The van der Waals surface area contributed by atoms with E-state index in [0.29, 0.717) is 6.54 Å². The monoisotopic (exact) mass is 238 g/mol. The predicted octanol–water partition coefficient (Wildman–Crippen LogP) is 2.90. The Morgan fingerprint density at radius 1 is 1.06 bits per heavy atom. The fourth-order valence-electron chi connectivity index (χ4n) is 2.56. The summed E-state index contributed by atoms with van der Waals surface area (Å²) in [6.07, 6.45) is -0.362. The number of fused-ring (bicyclic) bond motifs is 3. The molecule has 3 heteroatoms. The van der Waals surface area contributed by atoms with Crippen LogP contribution in [0.2, 0.25) is 0 Å². The molecule has 3 nitrogen and oxygen atoms in total. The average Bonchev–Trinajstić information content (AvgIpc) is 2.75. The lowest BCUT2D eigenvalue weighted by atomic mass is 10.0. The zero-order valence-electron chi connectivity index (χ0n) is 9.77. The van der Waals surface area contributed by atoms with Crippen molar-refractivity contribution in [3.8, 4) is 11.1 Å². The number of rotatable bonds is 2. The summed E-state index contributed by atoms with van der Waals surface area (Å²) in [4.78, 5) is 10.5. The van der Waals surface area contributed by atoms with E-state index in [-0.39, 0.29) is 0 Å². The van der Waals surface area contributed by atoms with Crippen LogP contribution in [-0.2, 0) is 18.1 Å². The summed E-state index contributed by atoms with van der Waals surface area (Å²) in [5, 5.41) is 12.8. The Morgan fingerprint density at radius 2 is 1.83 bits per heavy atom. The second kappa shape index (κ2) is 4.18. The van der Waals surface area contributed by atoms with Gasteiger partial charge in [0.25, 0.3) is 0 Å². The van der Waals surface area contributed by atoms with E-state index in [1.807, 2.05) is 24.3 Å². The Balaban J connectivity index is 2.00. The van der Waals surface area contributed by atoms with E-state index < -0.39 is 6.09 Å². The van der Waals surface area contributed by atoms with Gasteiger partial charge in [0.05, 0.1) is 0 Å². The predicted molar refractivity (Wildman–Crippen MR) is 67.6 cm³/mol. The van der Waals surface area contributed by atoms with Crippen molar-refractivity contribution in [2.75, 3.05) is 0 Å². The second-order valence-corrected chi connectivity index (χ2v) is 4.42. The number of hydrogen-bond acceptors (Lipinski definition) is 1. The quantitative estimate of drug-likeness (QED) is 0.733. The molecule has 18 heavy (non-hydrogen) atoms. The number of amides is 1. The van der Waals surface area contributed by atoms with Crippen LogP contribution in [0.1, 0.15) is 16.7 Å². The van der Waals surface area contributed by atoms with Crippen molar-refractivity contribution in [1.29, 1.82) is 0 Å². The molecule has 0 saturated heterocycles. The van der Waals surface area contributed by atoms with Crippen LogP contribution in [0.3, 0.4) is 0 Å². The summed E-state index contributed by atoms with van der Waals surface area (Å²) >= 11 is 0. The Labute approximate surface area is 105 Å². The molecule has 0 heterocycles. The lowest BCUT2D eigenvalue weighted by molar-refractivity contribution is 0.168.